The van der Waals surface area contributed by atoms with Gasteiger partial charge in [-0.15, -0.1) is 0 Å². The zero-order valence-electron chi connectivity index (χ0n) is 22.9. The molecule has 0 aliphatic carbocycles. The molecule has 2 aromatic heterocycles. The lowest BCUT2D eigenvalue weighted by Gasteiger charge is -2.46. The summed E-state index contributed by atoms with van der Waals surface area (Å²) >= 11 is 0. The lowest BCUT2D eigenvalue weighted by Crippen LogP contribution is -2.44. The second kappa shape index (κ2) is 8.33. The van der Waals surface area contributed by atoms with Gasteiger partial charge in [0.25, 0.3) is 5.56 Å². The Labute approximate surface area is 219 Å². The van der Waals surface area contributed by atoms with Crippen molar-refractivity contribution in [1.29, 1.82) is 0 Å². The van der Waals surface area contributed by atoms with E-state index in [2.05, 4.69) is 39.3 Å². The molecule has 198 valence electrons. The number of hydrogen-bond donors (Lipinski definition) is 1. The van der Waals surface area contributed by atoms with Gasteiger partial charge >= 0.3 is 5.97 Å². The predicted molar refractivity (Wildman–Crippen MR) is 148 cm³/mol. The molecule has 2 aliphatic heterocycles. The van der Waals surface area contributed by atoms with Crippen LogP contribution in [0, 0.1) is 0 Å². The van der Waals surface area contributed by atoms with Gasteiger partial charge in [0.1, 0.15) is 12.4 Å². The Balaban J connectivity index is 1.85. The van der Waals surface area contributed by atoms with Gasteiger partial charge in [0.05, 0.1) is 35.1 Å². The molecular formula is C29H36N2O5S. The van der Waals surface area contributed by atoms with Crippen molar-refractivity contribution in [3.63, 3.8) is 0 Å². The van der Waals surface area contributed by atoms with E-state index in [1.807, 2.05) is 26.0 Å². The van der Waals surface area contributed by atoms with Crippen LogP contribution in [0.5, 0.6) is 5.75 Å². The van der Waals surface area contributed by atoms with Gasteiger partial charge in [0.2, 0.25) is 0 Å². The van der Waals surface area contributed by atoms with E-state index >= 15 is 0 Å². The van der Waals surface area contributed by atoms with Crippen LogP contribution in [0.4, 0.5) is 0 Å². The summed E-state index contributed by atoms with van der Waals surface area (Å²) in [6.45, 7) is 12.7. The zero-order chi connectivity index (χ0) is 27.1. The van der Waals surface area contributed by atoms with Crippen LogP contribution in [-0.4, -0.2) is 44.0 Å². The van der Waals surface area contributed by atoms with Crippen LogP contribution < -0.4 is 10.3 Å². The number of benzene rings is 1. The quantitative estimate of drug-likeness (QED) is 0.374. The first-order valence-corrected chi connectivity index (χ1v) is 15.2. The van der Waals surface area contributed by atoms with E-state index in [1.54, 1.807) is 17.6 Å². The third kappa shape index (κ3) is 3.71. The van der Waals surface area contributed by atoms with Gasteiger partial charge in [-0.2, -0.15) is 0 Å². The van der Waals surface area contributed by atoms with E-state index in [1.165, 1.54) is 4.90 Å². The maximum Gasteiger partial charge on any atom is 0.343 e. The van der Waals surface area contributed by atoms with E-state index < -0.39 is 21.6 Å². The lowest BCUT2D eigenvalue weighted by atomic mass is 9.86. The summed E-state index contributed by atoms with van der Waals surface area (Å²) in [6.07, 6.45) is 4.79. The molecule has 0 fully saturated rings. The summed E-state index contributed by atoms with van der Waals surface area (Å²) in [5, 5.41) is 12.3. The van der Waals surface area contributed by atoms with Gasteiger partial charge in [0.15, 0.2) is 5.60 Å². The monoisotopic (exact) mass is 524 g/mol. The Morgan fingerprint density at radius 1 is 1.19 bits per heavy atom. The third-order valence-corrected chi connectivity index (χ3v) is 12.6. The van der Waals surface area contributed by atoms with Crippen molar-refractivity contribution < 1.29 is 19.4 Å². The van der Waals surface area contributed by atoms with Gasteiger partial charge in [-0.25, -0.2) is 19.8 Å². The molecule has 0 bridgehead atoms. The minimum Gasteiger partial charge on any atom is -0.491 e. The maximum absolute atomic E-state index is 13.7. The average Bonchev–Trinajstić information content (AvgIpc) is 3.17. The molecular weight excluding hydrogens is 488 g/mol. The van der Waals surface area contributed by atoms with Crippen LogP contribution in [-0.2, 0) is 28.3 Å². The van der Waals surface area contributed by atoms with Gasteiger partial charge in [0, 0.05) is 21.4 Å². The standard InChI is InChI=1S/C29H36N2O5S/c1-9-29(34)21-13-23-24-19(14-31(23)26(32)20(21)15-35-27(29)33)25(37(7,8)28(4,5)6)18-12-17(36-16(2)3)10-11-22(18)30-24/h10-13,16,34H,9,14-15H2,1-8H3/t29-/m0/s1. The van der Waals surface area contributed by atoms with Crippen molar-refractivity contribution in [2.24, 2.45) is 0 Å². The number of esters is 1. The highest BCUT2D eigenvalue weighted by molar-refractivity contribution is 8.33. The fraction of sp³-hybridized carbons (Fsp3) is 0.483. The highest BCUT2D eigenvalue weighted by Gasteiger charge is 2.46. The van der Waals surface area contributed by atoms with Gasteiger partial charge in [-0.05, 0) is 61.8 Å². The van der Waals surface area contributed by atoms with Crippen molar-refractivity contribution in [3.05, 3.63) is 51.3 Å². The normalized spacial score (nSPS) is 19.5. The SMILES string of the molecule is CC[C@@]1(O)C(=O)OCc2c1cc1n(c2=O)Cc2c-1nc1ccc(OC(C)C)cc1c2S(C)(C)C(C)(C)C. The van der Waals surface area contributed by atoms with E-state index in [-0.39, 0.29) is 29.4 Å². The zero-order valence-corrected chi connectivity index (χ0v) is 23.7. The number of aliphatic hydroxyl groups is 1. The molecule has 37 heavy (non-hydrogen) atoms. The molecule has 4 heterocycles. The summed E-state index contributed by atoms with van der Waals surface area (Å²) < 4.78 is 13.0. The molecule has 3 aromatic rings. The molecule has 1 atom stereocenters. The van der Waals surface area contributed by atoms with Crippen LogP contribution in [0.25, 0.3) is 22.3 Å². The maximum atomic E-state index is 13.7. The second-order valence-corrected chi connectivity index (χ2v) is 15.9. The van der Waals surface area contributed by atoms with E-state index in [0.717, 1.165) is 27.9 Å². The number of carbonyl (C=O) groups excluding carboxylic acids is 1. The second-order valence-electron chi connectivity index (χ2n) is 11.7. The first-order chi connectivity index (χ1) is 17.2. The Bertz CT molecular complexity index is 1520. The topological polar surface area (TPSA) is 90.7 Å². The Hall–Kier alpha value is -2.84. The van der Waals surface area contributed by atoms with Crippen molar-refractivity contribution >= 4 is 26.9 Å². The Morgan fingerprint density at radius 2 is 1.89 bits per heavy atom. The number of ether oxygens (including phenoxy) is 2. The number of nitrogens with zero attached hydrogens (tertiary/aromatic N) is 2. The number of aromatic nitrogens is 2. The summed E-state index contributed by atoms with van der Waals surface area (Å²) in [5.74, 6) is 0.0784. The molecule has 1 aromatic carbocycles. The van der Waals surface area contributed by atoms with E-state index in [0.29, 0.717) is 23.4 Å². The fourth-order valence-electron chi connectivity index (χ4n) is 5.26. The van der Waals surface area contributed by atoms with Crippen LogP contribution in [0.2, 0.25) is 0 Å². The van der Waals surface area contributed by atoms with Crippen LogP contribution >= 0.6 is 10.0 Å². The van der Waals surface area contributed by atoms with Crippen molar-refractivity contribution in [3.8, 4) is 17.1 Å². The molecule has 1 N–H and O–H groups in total. The lowest BCUT2D eigenvalue weighted by molar-refractivity contribution is -0.172. The summed E-state index contributed by atoms with van der Waals surface area (Å²) in [4.78, 5) is 32.5. The molecule has 5 rings (SSSR count). The number of cyclic esters (lactones) is 1. The minimum absolute atomic E-state index is 0.0222. The number of rotatable bonds is 4. The number of fused-ring (bicyclic) bond motifs is 5. The van der Waals surface area contributed by atoms with Crippen LogP contribution in [0.1, 0.15) is 64.7 Å². The number of hydrogen-bond acceptors (Lipinski definition) is 6. The van der Waals surface area contributed by atoms with Crippen LogP contribution in [0.3, 0.4) is 0 Å². The molecule has 0 radical (unpaired) electrons. The van der Waals surface area contributed by atoms with Crippen molar-refractivity contribution in [1.82, 2.24) is 9.55 Å². The molecule has 0 unspecified atom stereocenters. The molecule has 0 spiro atoms. The van der Waals surface area contributed by atoms with Gasteiger partial charge in [-0.1, -0.05) is 27.7 Å². The fourth-order valence-corrected chi connectivity index (χ4v) is 7.36. The van der Waals surface area contributed by atoms with Crippen molar-refractivity contribution in [2.45, 2.75) is 82.5 Å². The molecule has 2 aliphatic rings. The number of pyridine rings is 2. The molecule has 0 saturated heterocycles. The molecule has 0 saturated carbocycles. The highest BCUT2D eigenvalue weighted by Crippen LogP contribution is 2.64. The first-order valence-electron chi connectivity index (χ1n) is 12.7. The summed E-state index contributed by atoms with van der Waals surface area (Å²) in [6, 6.07) is 7.78. The van der Waals surface area contributed by atoms with E-state index in [4.69, 9.17) is 14.5 Å². The highest BCUT2D eigenvalue weighted by atomic mass is 32.3. The summed E-state index contributed by atoms with van der Waals surface area (Å²) in [7, 11) is -1.40. The number of carbonyl (C=O) groups is 1. The van der Waals surface area contributed by atoms with Crippen LogP contribution in [0.15, 0.2) is 34.0 Å². The van der Waals surface area contributed by atoms with Gasteiger partial charge < -0.3 is 19.1 Å². The minimum atomic E-state index is -1.84. The smallest absolute Gasteiger partial charge is 0.343 e. The Morgan fingerprint density at radius 3 is 2.51 bits per heavy atom. The van der Waals surface area contributed by atoms with Crippen molar-refractivity contribution in [2.75, 3.05) is 12.5 Å². The largest absolute Gasteiger partial charge is 0.491 e. The first kappa shape index (κ1) is 25.8. The Kier molecular flexibility index (Phi) is 5.81. The summed E-state index contributed by atoms with van der Waals surface area (Å²) in [5.41, 5.74) is 1.81. The molecule has 8 heteroatoms. The third-order valence-electron chi connectivity index (χ3n) is 8.02. The van der Waals surface area contributed by atoms with E-state index in [9.17, 15) is 14.7 Å². The van der Waals surface area contributed by atoms with Gasteiger partial charge in [-0.3, -0.25) is 4.79 Å². The average molecular weight is 525 g/mol. The molecule has 7 nitrogen and oxygen atoms in total. The predicted octanol–water partition coefficient (Wildman–Crippen LogP) is 5.09. The molecule has 0 amide bonds.